The van der Waals surface area contributed by atoms with E-state index in [0.29, 0.717) is 5.75 Å². The first-order valence-corrected chi connectivity index (χ1v) is 6.33. The van der Waals surface area contributed by atoms with E-state index in [-0.39, 0.29) is 5.91 Å². The van der Waals surface area contributed by atoms with Crippen molar-refractivity contribution in [3.05, 3.63) is 36.5 Å². The maximum Gasteiger partial charge on any atom is 0.234 e. The molecule has 2 rings (SSSR count). The number of hydrogen-bond donors (Lipinski definition) is 1. The van der Waals surface area contributed by atoms with Crippen LogP contribution in [0.5, 0.6) is 0 Å². The number of nitrogens with one attached hydrogen (secondary N) is 1. The van der Waals surface area contributed by atoms with E-state index in [1.165, 1.54) is 11.8 Å². The monoisotopic (exact) mass is 232 g/mol. The molecule has 0 fully saturated rings. The van der Waals surface area contributed by atoms with Crippen molar-refractivity contribution in [1.82, 2.24) is 4.98 Å². The Kier molecular flexibility index (Phi) is 3.41. The van der Waals surface area contributed by atoms with Gasteiger partial charge in [0.25, 0.3) is 0 Å². The lowest BCUT2D eigenvalue weighted by molar-refractivity contribution is -0.113. The fraction of sp³-hybridized carbons (Fsp3) is 0.167. The predicted molar refractivity (Wildman–Crippen MR) is 68.8 cm³/mol. The van der Waals surface area contributed by atoms with Crippen LogP contribution in [-0.2, 0) is 4.79 Å². The first-order chi connectivity index (χ1) is 7.81. The topological polar surface area (TPSA) is 42.0 Å². The zero-order valence-electron chi connectivity index (χ0n) is 8.93. The van der Waals surface area contributed by atoms with Gasteiger partial charge in [-0.05, 0) is 18.4 Å². The van der Waals surface area contributed by atoms with Gasteiger partial charge >= 0.3 is 0 Å². The van der Waals surface area contributed by atoms with Crippen LogP contribution in [0.25, 0.3) is 10.9 Å². The molecule has 2 aromatic rings. The molecule has 82 valence electrons. The molecular weight excluding hydrogens is 220 g/mol. The van der Waals surface area contributed by atoms with Crippen LogP contribution < -0.4 is 5.32 Å². The minimum atomic E-state index is 0.00523. The summed E-state index contributed by atoms with van der Waals surface area (Å²) >= 11 is 1.50. The van der Waals surface area contributed by atoms with Gasteiger partial charge in [-0.3, -0.25) is 9.78 Å². The number of para-hydroxylation sites is 1. The molecule has 0 atom stereocenters. The predicted octanol–water partition coefficient (Wildman–Crippen LogP) is 2.54. The summed E-state index contributed by atoms with van der Waals surface area (Å²) in [7, 11) is 0. The molecule has 0 spiro atoms. The Morgan fingerprint density at radius 2 is 2.19 bits per heavy atom. The molecule has 16 heavy (non-hydrogen) atoms. The Hall–Kier alpha value is -1.55. The number of benzene rings is 1. The number of hydrogen-bond acceptors (Lipinski definition) is 3. The van der Waals surface area contributed by atoms with Crippen LogP contribution in [0.2, 0.25) is 0 Å². The zero-order valence-corrected chi connectivity index (χ0v) is 9.75. The first-order valence-electron chi connectivity index (χ1n) is 4.94. The Bertz CT molecular complexity index is 508. The Morgan fingerprint density at radius 1 is 1.38 bits per heavy atom. The van der Waals surface area contributed by atoms with Crippen LogP contribution in [-0.4, -0.2) is 22.9 Å². The van der Waals surface area contributed by atoms with Crippen molar-refractivity contribution >= 4 is 34.3 Å². The molecule has 0 radical (unpaired) electrons. The van der Waals surface area contributed by atoms with Gasteiger partial charge in [-0.1, -0.05) is 18.2 Å². The lowest BCUT2D eigenvalue weighted by Gasteiger charge is -2.06. The van der Waals surface area contributed by atoms with Crippen molar-refractivity contribution < 1.29 is 4.79 Å². The van der Waals surface area contributed by atoms with E-state index >= 15 is 0 Å². The number of nitrogens with zero attached hydrogens (tertiary/aromatic N) is 1. The highest BCUT2D eigenvalue weighted by Crippen LogP contribution is 2.20. The van der Waals surface area contributed by atoms with Crippen molar-refractivity contribution in [2.75, 3.05) is 17.3 Å². The molecule has 0 unspecified atom stereocenters. The van der Waals surface area contributed by atoms with E-state index in [9.17, 15) is 4.79 Å². The molecule has 1 aromatic heterocycles. The summed E-state index contributed by atoms with van der Waals surface area (Å²) < 4.78 is 0. The van der Waals surface area contributed by atoms with Crippen molar-refractivity contribution in [2.45, 2.75) is 0 Å². The summed E-state index contributed by atoms with van der Waals surface area (Å²) in [5.74, 6) is 0.467. The zero-order chi connectivity index (χ0) is 11.4. The van der Waals surface area contributed by atoms with Crippen molar-refractivity contribution in [1.29, 1.82) is 0 Å². The third-order valence-electron chi connectivity index (χ3n) is 2.18. The summed E-state index contributed by atoms with van der Waals surface area (Å²) in [5.41, 5.74) is 1.61. The number of aromatic nitrogens is 1. The largest absolute Gasteiger partial charge is 0.323 e. The fourth-order valence-corrected chi connectivity index (χ4v) is 1.86. The van der Waals surface area contributed by atoms with Crippen molar-refractivity contribution in [2.24, 2.45) is 0 Å². The van der Waals surface area contributed by atoms with Gasteiger partial charge in [0, 0.05) is 11.6 Å². The van der Waals surface area contributed by atoms with Gasteiger partial charge in [0.05, 0.1) is 17.0 Å². The van der Waals surface area contributed by atoms with Gasteiger partial charge in [0.2, 0.25) is 5.91 Å². The summed E-state index contributed by atoms with van der Waals surface area (Å²) in [6, 6.07) is 9.63. The molecule has 0 aliphatic rings. The lowest BCUT2D eigenvalue weighted by atomic mass is 10.2. The average Bonchev–Trinajstić information content (AvgIpc) is 2.30. The molecule has 1 heterocycles. The number of thioether (sulfide) groups is 1. The van der Waals surface area contributed by atoms with Gasteiger partial charge in [0.15, 0.2) is 0 Å². The summed E-state index contributed by atoms with van der Waals surface area (Å²) in [4.78, 5) is 15.8. The van der Waals surface area contributed by atoms with E-state index in [2.05, 4.69) is 10.3 Å². The smallest absolute Gasteiger partial charge is 0.234 e. The van der Waals surface area contributed by atoms with Crippen molar-refractivity contribution in [3.8, 4) is 0 Å². The Balaban J connectivity index is 2.33. The van der Waals surface area contributed by atoms with Crippen LogP contribution in [0, 0.1) is 0 Å². The molecule has 0 bridgehead atoms. The first kappa shape index (κ1) is 11.0. The third kappa shape index (κ3) is 2.33. The molecular formula is C12H12N2OS. The SMILES string of the molecule is CSCC(=O)Nc1cccc2cccnc12. The van der Waals surface area contributed by atoms with Gasteiger partial charge in [-0.15, -0.1) is 0 Å². The average molecular weight is 232 g/mol. The number of amides is 1. The molecule has 1 aromatic carbocycles. The number of carbonyl (C=O) groups is 1. The number of carbonyl (C=O) groups excluding carboxylic acids is 1. The molecule has 3 nitrogen and oxygen atoms in total. The van der Waals surface area contributed by atoms with E-state index in [4.69, 9.17) is 0 Å². The van der Waals surface area contributed by atoms with Crippen LogP contribution in [0.1, 0.15) is 0 Å². The van der Waals surface area contributed by atoms with E-state index < -0.39 is 0 Å². The van der Waals surface area contributed by atoms with E-state index in [1.807, 2.05) is 36.6 Å². The highest BCUT2D eigenvalue weighted by Gasteiger charge is 2.05. The van der Waals surface area contributed by atoms with Crippen LogP contribution >= 0.6 is 11.8 Å². The summed E-state index contributed by atoms with van der Waals surface area (Å²) in [5, 5.41) is 3.90. The molecule has 1 N–H and O–H groups in total. The minimum Gasteiger partial charge on any atom is -0.323 e. The number of fused-ring (bicyclic) bond motifs is 1. The summed E-state index contributed by atoms with van der Waals surface area (Å²) in [6.45, 7) is 0. The molecule has 0 saturated heterocycles. The number of anilines is 1. The maximum absolute atomic E-state index is 11.5. The van der Waals surface area contributed by atoms with Gasteiger partial charge < -0.3 is 5.32 Å². The molecule has 0 saturated carbocycles. The van der Waals surface area contributed by atoms with Gasteiger partial charge in [-0.25, -0.2) is 0 Å². The lowest BCUT2D eigenvalue weighted by Crippen LogP contribution is -2.14. The Morgan fingerprint density at radius 3 is 3.00 bits per heavy atom. The Labute approximate surface area is 98.3 Å². The van der Waals surface area contributed by atoms with E-state index in [1.54, 1.807) is 6.20 Å². The van der Waals surface area contributed by atoms with E-state index in [0.717, 1.165) is 16.6 Å². The second-order valence-electron chi connectivity index (χ2n) is 3.36. The van der Waals surface area contributed by atoms with Crippen molar-refractivity contribution in [3.63, 3.8) is 0 Å². The number of rotatable bonds is 3. The molecule has 0 aliphatic heterocycles. The molecule has 4 heteroatoms. The molecule has 1 amide bonds. The fourth-order valence-electron chi connectivity index (χ4n) is 1.52. The molecule has 0 aliphatic carbocycles. The third-order valence-corrected chi connectivity index (χ3v) is 2.73. The minimum absolute atomic E-state index is 0.00523. The van der Waals surface area contributed by atoms with Gasteiger partial charge in [-0.2, -0.15) is 11.8 Å². The standard InChI is InChI=1S/C12H12N2OS/c1-16-8-11(15)14-10-6-2-4-9-5-3-7-13-12(9)10/h2-7H,8H2,1H3,(H,14,15). The van der Waals surface area contributed by atoms with Crippen LogP contribution in [0.15, 0.2) is 36.5 Å². The summed E-state index contributed by atoms with van der Waals surface area (Å²) in [6.07, 6.45) is 3.63. The number of pyridine rings is 1. The van der Waals surface area contributed by atoms with Crippen LogP contribution in [0.3, 0.4) is 0 Å². The maximum atomic E-state index is 11.5. The normalized spacial score (nSPS) is 10.3. The quantitative estimate of drug-likeness (QED) is 0.884. The highest BCUT2D eigenvalue weighted by molar-refractivity contribution is 7.99. The second kappa shape index (κ2) is 4.99. The second-order valence-corrected chi connectivity index (χ2v) is 4.23. The highest BCUT2D eigenvalue weighted by atomic mass is 32.2. The van der Waals surface area contributed by atoms with Crippen LogP contribution in [0.4, 0.5) is 5.69 Å². The van der Waals surface area contributed by atoms with Gasteiger partial charge in [0.1, 0.15) is 0 Å².